The summed E-state index contributed by atoms with van der Waals surface area (Å²) in [7, 11) is 0. The van der Waals surface area contributed by atoms with E-state index in [1.165, 1.54) is 4.88 Å². The highest BCUT2D eigenvalue weighted by Crippen LogP contribution is 2.23. The second-order valence-corrected chi connectivity index (χ2v) is 5.35. The Morgan fingerprint density at radius 3 is 3.00 bits per heavy atom. The van der Waals surface area contributed by atoms with Crippen LogP contribution >= 0.6 is 11.3 Å². The molecule has 4 nitrogen and oxygen atoms in total. The van der Waals surface area contributed by atoms with Gasteiger partial charge in [-0.2, -0.15) is 0 Å². The van der Waals surface area contributed by atoms with Crippen LogP contribution in [0.15, 0.2) is 48.1 Å². The predicted octanol–water partition coefficient (Wildman–Crippen LogP) is 3.49. The van der Waals surface area contributed by atoms with Gasteiger partial charge in [0.25, 0.3) is 0 Å². The first-order valence-corrected chi connectivity index (χ1v) is 7.49. The Bertz CT molecular complexity index is 673. The summed E-state index contributed by atoms with van der Waals surface area (Å²) in [5.74, 6) is 1.92. The SMILES string of the molecule is CCNc1cccc(Cn2ccnc2-c2cccs2)n1. The molecule has 0 saturated carbocycles. The van der Waals surface area contributed by atoms with Crippen molar-refractivity contribution in [3.05, 3.63) is 53.8 Å². The van der Waals surface area contributed by atoms with Crippen LogP contribution in [0.2, 0.25) is 0 Å². The molecule has 0 saturated heterocycles. The Balaban J connectivity index is 1.85. The molecule has 0 aliphatic rings. The third-order valence-electron chi connectivity index (χ3n) is 2.95. The van der Waals surface area contributed by atoms with E-state index in [0.717, 1.165) is 30.4 Å². The maximum Gasteiger partial charge on any atom is 0.150 e. The summed E-state index contributed by atoms with van der Waals surface area (Å²) in [5, 5.41) is 5.30. The zero-order chi connectivity index (χ0) is 13.8. The molecule has 3 aromatic rings. The van der Waals surface area contributed by atoms with E-state index in [1.807, 2.05) is 36.7 Å². The van der Waals surface area contributed by atoms with E-state index in [4.69, 9.17) is 0 Å². The largest absolute Gasteiger partial charge is 0.370 e. The second kappa shape index (κ2) is 5.88. The molecule has 0 radical (unpaired) electrons. The van der Waals surface area contributed by atoms with E-state index >= 15 is 0 Å². The van der Waals surface area contributed by atoms with Crippen molar-refractivity contribution in [2.24, 2.45) is 0 Å². The van der Waals surface area contributed by atoms with E-state index < -0.39 is 0 Å². The summed E-state index contributed by atoms with van der Waals surface area (Å²) in [5.41, 5.74) is 1.03. The van der Waals surface area contributed by atoms with Gasteiger partial charge in [0.05, 0.1) is 17.1 Å². The Morgan fingerprint density at radius 1 is 1.25 bits per heavy atom. The lowest BCUT2D eigenvalue weighted by atomic mass is 10.3. The highest BCUT2D eigenvalue weighted by molar-refractivity contribution is 7.13. The molecule has 0 fully saturated rings. The van der Waals surface area contributed by atoms with E-state index in [1.54, 1.807) is 11.3 Å². The van der Waals surface area contributed by atoms with Crippen molar-refractivity contribution in [3.63, 3.8) is 0 Å². The summed E-state index contributed by atoms with van der Waals surface area (Å²) >= 11 is 1.70. The number of anilines is 1. The number of thiophene rings is 1. The van der Waals surface area contributed by atoms with Crippen molar-refractivity contribution in [1.82, 2.24) is 14.5 Å². The van der Waals surface area contributed by atoms with Crippen LogP contribution < -0.4 is 5.32 Å². The summed E-state index contributed by atoms with van der Waals surface area (Å²) < 4.78 is 2.13. The lowest BCUT2D eigenvalue weighted by Crippen LogP contribution is -2.05. The van der Waals surface area contributed by atoms with E-state index in [9.17, 15) is 0 Å². The van der Waals surface area contributed by atoms with Crippen molar-refractivity contribution in [2.45, 2.75) is 13.5 Å². The number of hydrogen-bond donors (Lipinski definition) is 1. The van der Waals surface area contributed by atoms with Crippen molar-refractivity contribution < 1.29 is 0 Å². The molecule has 3 aromatic heterocycles. The van der Waals surface area contributed by atoms with E-state index in [2.05, 4.69) is 38.2 Å². The molecule has 1 N–H and O–H groups in total. The molecule has 102 valence electrons. The maximum atomic E-state index is 4.60. The standard InChI is InChI=1S/C15H16N4S/c1-2-16-14-7-3-5-12(18-14)11-19-9-8-17-15(19)13-6-4-10-20-13/h3-10H,2,11H2,1H3,(H,16,18). The van der Waals surface area contributed by atoms with Crippen LogP contribution in [0.3, 0.4) is 0 Å². The van der Waals surface area contributed by atoms with Gasteiger partial charge in [0.2, 0.25) is 0 Å². The molecule has 0 aliphatic heterocycles. The van der Waals surface area contributed by atoms with Crippen LogP contribution in [0.25, 0.3) is 10.7 Å². The van der Waals surface area contributed by atoms with Crippen LogP contribution in [-0.4, -0.2) is 21.1 Å². The summed E-state index contributed by atoms with van der Waals surface area (Å²) in [6.07, 6.45) is 3.83. The third kappa shape index (κ3) is 2.72. The van der Waals surface area contributed by atoms with Gasteiger partial charge in [-0.05, 0) is 30.5 Å². The van der Waals surface area contributed by atoms with Gasteiger partial charge in [-0.25, -0.2) is 9.97 Å². The molecule has 0 bridgehead atoms. The fourth-order valence-corrected chi connectivity index (χ4v) is 2.83. The number of aromatic nitrogens is 3. The van der Waals surface area contributed by atoms with Gasteiger partial charge >= 0.3 is 0 Å². The first-order valence-electron chi connectivity index (χ1n) is 6.61. The summed E-state index contributed by atoms with van der Waals surface area (Å²) in [6, 6.07) is 10.2. The number of imidazole rings is 1. The minimum Gasteiger partial charge on any atom is -0.370 e. The number of rotatable bonds is 5. The number of nitrogens with one attached hydrogen (secondary N) is 1. The van der Waals surface area contributed by atoms with Gasteiger partial charge in [-0.1, -0.05) is 12.1 Å². The zero-order valence-electron chi connectivity index (χ0n) is 11.3. The average molecular weight is 284 g/mol. The van der Waals surface area contributed by atoms with Gasteiger partial charge in [0.1, 0.15) is 11.6 Å². The van der Waals surface area contributed by atoms with Gasteiger partial charge in [-0.3, -0.25) is 0 Å². The van der Waals surface area contributed by atoms with Crippen LogP contribution in [0.1, 0.15) is 12.6 Å². The van der Waals surface area contributed by atoms with Crippen molar-refractivity contribution in [3.8, 4) is 10.7 Å². The lowest BCUT2D eigenvalue weighted by Gasteiger charge is -2.08. The molecule has 20 heavy (non-hydrogen) atoms. The monoisotopic (exact) mass is 284 g/mol. The van der Waals surface area contributed by atoms with Gasteiger partial charge in [0, 0.05) is 18.9 Å². The summed E-state index contributed by atoms with van der Waals surface area (Å²) in [6.45, 7) is 3.67. The van der Waals surface area contributed by atoms with Crippen LogP contribution in [-0.2, 0) is 6.54 Å². The summed E-state index contributed by atoms with van der Waals surface area (Å²) in [4.78, 5) is 10.2. The molecule has 0 aromatic carbocycles. The van der Waals surface area contributed by atoms with Crippen molar-refractivity contribution >= 4 is 17.2 Å². The minimum absolute atomic E-state index is 0.729. The fraction of sp³-hybridized carbons (Fsp3) is 0.200. The fourth-order valence-electron chi connectivity index (χ4n) is 2.09. The molecule has 0 aliphatic carbocycles. The Kier molecular flexibility index (Phi) is 3.78. The zero-order valence-corrected chi connectivity index (χ0v) is 12.1. The van der Waals surface area contributed by atoms with Crippen molar-refractivity contribution in [1.29, 1.82) is 0 Å². The first kappa shape index (κ1) is 12.9. The van der Waals surface area contributed by atoms with Gasteiger partial charge in [0.15, 0.2) is 0 Å². The van der Waals surface area contributed by atoms with E-state index in [0.29, 0.717) is 0 Å². The van der Waals surface area contributed by atoms with Crippen molar-refractivity contribution in [2.75, 3.05) is 11.9 Å². The normalized spacial score (nSPS) is 10.7. The van der Waals surface area contributed by atoms with Crippen LogP contribution in [0.4, 0.5) is 5.82 Å². The molecular formula is C15H16N4S. The van der Waals surface area contributed by atoms with Crippen LogP contribution in [0.5, 0.6) is 0 Å². The minimum atomic E-state index is 0.729. The molecule has 0 unspecified atom stereocenters. The first-order chi connectivity index (χ1) is 9.86. The molecule has 3 rings (SSSR count). The number of nitrogens with zero attached hydrogens (tertiary/aromatic N) is 3. The van der Waals surface area contributed by atoms with Gasteiger partial charge in [-0.15, -0.1) is 11.3 Å². The molecular weight excluding hydrogens is 268 g/mol. The smallest absolute Gasteiger partial charge is 0.150 e. The highest BCUT2D eigenvalue weighted by Gasteiger charge is 2.08. The quantitative estimate of drug-likeness (QED) is 0.780. The van der Waals surface area contributed by atoms with Gasteiger partial charge < -0.3 is 9.88 Å². The molecule has 0 amide bonds. The Hall–Kier alpha value is -2.14. The Labute approximate surface area is 122 Å². The molecule has 5 heteroatoms. The number of hydrogen-bond acceptors (Lipinski definition) is 4. The molecule has 3 heterocycles. The predicted molar refractivity (Wildman–Crippen MR) is 83.0 cm³/mol. The van der Waals surface area contributed by atoms with Crippen LogP contribution in [0, 0.1) is 0 Å². The topological polar surface area (TPSA) is 42.7 Å². The lowest BCUT2D eigenvalue weighted by molar-refractivity contribution is 0.783. The average Bonchev–Trinajstić information content (AvgIpc) is 3.10. The third-order valence-corrected chi connectivity index (χ3v) is 3.82. The van der Waals surface area contributed by atoms with E-state index in [-0.39, 0.29) is 0 Å². The second-order valence-electron chi connectivity index (χ2n) is 4.40. The highest BCUT2D eigenvalue weighted by atomic mass is 32.1. The molecule has 0 atom stereocenters. The maximum absolute atomic E-state index is 4.60. The Morgan fingerprint density at radius 2 is 2.20 bits per heavy atom. The number of pyridine rings is 1. The molecule has 0 spiro atoms.